The zero-order chi connectivity index (χ0) is 15.6. The molecule has 2 rings (SSSR count). The third-order valence-electron chi connectivity index (χ3n) is 3.34. The van der Waals surface area contributed by atoms with E-state index in [0.29, 0.717) is 5.92 Å². The van der Waals surface area contributed by atoms with Crippen molar-refractivity contribution in [3.05, 3.63) is 41.1 Å². The molecule has 128 valence electrons. The molecule has 0 bridgehead atoms. The van der Waals surface area contributed by atoms with Crippen LogP contribution >= 0.6 is 35.3 Å². The zero-order valence-electron chi connectivity index (χ0n) is 13.7. The second kappa shape index (κ2) is 11.4. The van der Waals surface area contributed by atoms with E-state index in [4.69, 9.17) is 0 Å². The molecule has 0 amide bonds. The van der Waals surface area contributed by atoms with Gasteiger partial charge < -0.3 is 15.2 Å². The summed E-state index contributed by atoms with van der Waals surface area (Å²) < 4.78 is 2.09. The first-order valence-electron chi connectivity index (χ1n) is 7.81. The molecule has 0 aliphatic heterocycles. The highest BCUT2D eigenvalue weighted by molar-refractivity contribution is 14.0. The van der Waals surface area contributed by atoms with Crippen molar-refractivity contribution >= 4 is 41.3 Å². The Morgan fingerprint density at radius 1 is 1.43 bits per heavy atom. The summed E-state index contributed by atoms with van der Waals surface area (Å²) in [7, 11) is 0. The van der Waals surface area contributed by atoms with Gasteiger partial charge >= 0.3 is 0 Å². The van der Waals surface area contributed by atoms with Crippen molar-refractivity contribution in [3.63, 3.8) is 0 Å². The van der Waals surface area contributed by atoms with Crippen LogP contribution in [0.3, 0.4) is 0 Å². The van der Waals surface area contributed by atoms with Crippen LogP contribution in [0.4, 0.5) is 0 Å². The molecule has 0 aliphatic rings. The quantitative estimate of drug-likeness (QED) is 0.283. The maximum Gasteiger partial charge on any atom is 0.191 e. The van der Waals surface area contributed by atoms with Gasteiger partial charge in [0.05, 0.1) is 12.9 Å². The van der Waals surface area contributed by atoms with Crippen LogP contribution in [0.5, 0.6) is 0 Å². The average Bonchev–Trinajstić information content (AvgIpc) is 3.21. The number of hydrogen-bond donors (Lipinski definition) is 2. The first-order chi connectivity index (χ1) is 10.8. The number of aromatic nitrogens is 2. The van der Waals surface area contributed by atoms with Gasteiger partial charge in [0, 0.05) is 42.8 Å². The number of hydrogen-bond acceptors (Lipinski definition) is 3. The first kappa shape index (κ1) is 20.0. The molecule has 2 heterocycles. The Morgan fingerprint density at radius 3 is 2.96 bits per heavy atom. The van der Waals surface area contributed by atoms with Crippen molar-refractivity contribution in [2.45, 2.75) is 32.7 Å². The number of nitrogens with one attached hydrogen (secondary N) is 2. The van der Waals surface area contributed by atoms with Crippen molar-refractivity contribution in [1.29, 1.82) is 0 Å². The van der Waals surface area contributed by atoms with Crippen molar-refractivity contribution < 1.29 is 0 Å². The highest BCUT2D eigenvalue weighted by Crippen LogP contribution is 2.20. The summed E-state index contributed by atoms with van der Waals surface area (Å²) in [4.78, 5) is 10.1. The number of halogens is 1. The van der Waals surface area contributed by atoms with Crippen LogP contribution in [0, 0.1) is 0 Å². The third-order valence-corrected chi connectivity index (χ3v) is 4.44. The minimum Gasteiger partial charge on any atom is -0.357 e. The predicted octanol–water partition coefficient (Wildman–Crippen LogP) is 3.31. The fraction of sp³-hybridized carbons (Fsp3) is 0.500. The van der Waals surface area contributed by atoms with Gasteiger partial charge in [-0.25, -0.2) is 4.98 Å². The molecular weight excluding hydrogens is 421 g/mol. The molecule has 1 atom stereocenters. The second-order valence-electron chi connectivity index (χ2n) is 5.22. The lowest BCUT2D eigenvalue weighted by Crippen LogP contribution is -2.38. The zero-order valence-corrected chi connectivity index (χ0v) is 16.9. The van der Waals surface area contributed by atoms with Gasteiger partial charge in [0.2, 0.25) is 0 Å². The van der Waals surface area contributed by atoms with Crippen molar-refractivity contribution in [2.75, 3.05) is 19.6 Å². The van der Waals surface area contributed by atoms with Gasteiger partial charge in [0.1, 0.15) is 0 Å². The Bertz CT molecular complexity index is 539. The van der Waals surface area contributed by atoms with Crippen LogP contribution in [0.25, 0.3) is 0 Å². The normalized spacial score (nSPS) is 12.5. The number of thiophene rings is 1. The fourth-order valence-corrected chi connectivity index (χ4v) is 2.90. The number of nitrogens with zero attached hydrogens (tertiary/aromatic N) is 3. The van der Waals surface area contributed by atoms with Crippen molar-refractivity contribution in [1.82, 2.24) is 20.2 Å². The molecule has 0 saturated heterocycles. The molecule has 1 unspecified atom stereocenters. The van der Waals surface area contributed by atoms with Crippen LogP contribution in [-0.2, 0) is 6.54 Å². The van der Waals surface area contributed by atoms with E-state index < -0.39 is 0 Å². The lowest BCUT2D eigenvalue weighted by Gasteiger charge is -2.13. The van der Waals surface area contributed by atoms with Gasteiger partial charge in [0.15, 0.2) is 5.96 Å². The number of aryl methyl sites for hydroxylation is 1. The summed E-state index contributed by atoms with van der Waals surface area (Å²) in [6.07, 6.45) is 6.69. The molecule has 0 aliphatic carbocycles. The molecule has 0 spiro atoms. The van der Waals surface area contributed by atoms with Crippen LogP contribution < -0.4 is 10.6 Å². The van der Waals surface area contributed by atoms with Crippen LogP contribution in [0.15, 0.2) is 41.2 Å². The summed E-state index contributed by atoms with van der Waals surface area (Å²) >= 11 is 1.80. The maximum absolute atomic E-state index is 4.69. The highest BCUT2D eigenvalue weighted by Gasteiger charge is 2.06. The lowest BCUT2D eigenvalue weighted by atomic mass is 10.1. The second-order valence-corrected chi connectivity index (χ2v) is 6.20. The lowest BCUT2D eigenvalue weighted by molar-refractivity contribution is 0.624. The van der Waals surface area contributed by atoms with E-state index in [-0.39, 0.29) is 24.0 Å². The molecule has 0 fully saturated rings. The number of rotatable bonds is 8. The fourth-order valence-electron chi connectivity index (χ4n) is 2.12. The van der Waals surface area contributed by atoms with Gasteiger partial charge in [0.25, 0.3) is 0 Å². The molecule has 7 heteroatoms. The van der Waals surface area contributed by atoms with Crippen LogP contribution in [0.1, 0.15) is 31.1 Å². The van der Waals surface area contributed by atoms with E-state index in [0.717, 1.165) is 38.6 Å². The minimum absolute atomic E-state index is 0. The van der Waals surface area contributed by atoms with Crippen LogP contribution in [0.2, 0.25) is 0 Å². The maximum atomic E-state index is 4.69. The van der Waals surface area contributed by atoms with Crippen molar-refractivity contribution in [2.24, 2.45) is 4.99 Å². The standard InChI is InChI=1S/C16H25N5S.HI/c1-3-18-16(19-7-5-9-21-10-8-17-13-21)20-12-14(2)15-6-4-11-22-15;/h4,6,8,10-11,13-14H,3,5,7,9,12H2,1-2H3,(H2,18,19,20);1H. The third kappa shape index (κ3) is 7.34. The highest BCUT2D eigenvalue weighted by atomic mass is 127. The SMILES string of the molecule is CCNC(=NCC(C)c1cccs1)NCCCn1ccnc1.I. The first-order valence-corrected chi connectivity index (χ1v) is 8.69. The van der Waals surface area contributed by atoms with E-state index in [1.54, 1.807) is 11.3 Å². The summed E-state index contributed by atoms with van der Waals surface area (Å²) in [6, 6.07) is 4.27. The topological polar surface area (TPSA) is 54.2 Å². The average molecular weight is 447 g/mol. The van der Waals surface area contributed by atoms with E-state index in [2.05, 4.69) is 56.5 Å². The molecule has 2 N–H and O–H groups in total. The number of imidazole rings is 1. The molecule has 23 heavy (non-hydrogen) atoms. The Kier molecular flexibility index (Phi) is 9.93. The molecular formula is C16H26IN5S. The predicted molar refractivity (Wildman–Crippen MR) is 109 cm³/mol. The minimum atomic E-state index is 0. The molecule has 0 radical (unpaired) electrons. The Balaban J connectivity index is 0.00000264. The molecule has 2 aromatic rings. The van der Waals surface area contributed by atoms with E-state index in [9.17, 15) is 0 Å². The molecule has 0 aromatic carbocycles. The van der Waals surface area contributed by atoms with E-state index in [1.807, 2.05) is 18.7 Å². The molecule has 2 aromatic heterocycles. The summed E-state index contributed by atoms with van der Waals surface area (Å²) in [5.41, 5.74) is 0. The molecule has 5 nitrogen and oxygen atoms in total. The Hall–Kier alpha value is -1.09. The van der Waals surface area contributed by atoms with Gasteiger partial charge in [-0.05, 0) is 24.8 Å². The smallest absolute Gasteiger partial charge is 0.191 e. The summed E-state index contributed by atoms with van der Waals surface area (Å²) in [5, 5.41) is 8.81. The van der Waals surface area contributed by atoms with Gasteiger partial charge in [-0.3, -0.25) is 4.99 Å². The monoisotopic (exact) mass is 447 g/mol. The van der Waals surface area contributed by atoms with Crippen LogP contribution in [-0.4, -0.2) is 35.1 Å². The summed E-state index contributed by atoms with van der Waals surface area (Å²) in [5.74, 6) is 1.36. The Morgan fingerprint density at radius 2 is 2.30 bits per heavy atom. The van der Waals surface area contributed by atoms with Gasteiger partial charge in [-0.1, -0.05) is 13.0 Å². The van der Waals surface area contributed by atoms with E-state index in [1.165, 1.54) is 4.88 Å². The van der Waals surface area contributed by atoms with Crippen molar-refractivity contribution in [3.8, 4) is 0 Å². The van der Waals surface area contributed by atoms with E-state index >= 15 is 0 Å². The van der Waals surface area contributed by atoms with Gasteiger partial charge in [-0.15, -0.1) is 35.3 Å². The largest absolute Gasteiger partial charge is 0.357 e. The van der Waals surface area contributed by atoms with Gasteiger partial charge in [-0.2, -0.15) is 0 Å². The number of aliphatic imine (C=N–C) groups is 1. The molecule has 0 saturated carbocycles. The number of guanidine groups is 1. The Labute approximate surface area is 159 Å². The summed E-state index contributed by atoms with van der Waals surface area (Å²) in [6.45, 7) is 7.86.